The zero-order chi connectivity index (χ0) is 32.2. The molecule has 6 heterocycles. The van der Waals surface area contributed by atoms with Crippen molar-refractivity contribution >= 4 is 17.3 Å². The standard InChI is InChI=1S/C35H40FN7O4/c1-39-18-23(14-28(34(39)45)37-32-6-7-33(38-32)41-10-8-40(9-11-41)25-20-47-21-25)26-16-24(36)17-30(27(26)19-44)43-13-12-42-29-5-3-2-4-22(29)15-31(42)35(43)46/h6-7,14-18,25,37-38,44H,2-5,8-13,19-21H2,1H3/p+1. The lowest BCUT2D eigenvalue weighted by molar-refractivity contribution is -0.566. The molecule has 2 aromatic heterocycles. The number of aliphatic hydroxyl groups is 1. The van der Waals surface area contributed by atoms with Crippen LogP contribution < -0.4 is 21.1 Å². The summed E-state index contributed by atoms with van der Waals surface area (Å²) in [4.78, 5) is 33.5. The van der Waals surface area contributed by atoms with Gasteiger partial charge in [-0.2, -0.15) is 0 Å². The number of aromatic nitrogens is 2. The summed E-state index contributed by atoms with van der Waals surface area (Å²) in [7, 11) is 1.66. The fraction of sp³-hybridized carbons (Fsp3) is 0.429. The van der Waals surface area contributed by atoms with Crippen molar-refractivity contribution in [3.8, 4) is 11.1 Å². The number of aliphatic hydroxyl groups excluding tert-OH is 1. The van der Waals surface area contributed by atoms with Crippen LogP contribution in [0.25, 0.3) is 11.1 Å². The summed E-state index contributed by atoms with van der Waals surface area (Å²) >= 11 is 0. The first-order valence-electron chi connectivity index (χ1n) is 16.7. The minimum Gasteiger partial charge on any atom is -0.392 e. The highest BCUT2D eigenvalue weighted by molar-refractivity contribution is 6.07. The van der Waals surface area contributed by atoms with Crippen LogP contribution in [0, 0.1) is 5.82 Å². The normalized spacial score (nSPS) is 20.1. The van der Waals surface area contributed by atoms with Gasteiger partial charge in [-0.3, -0.25) is 19.8 Å². The predicted molar refractivity (Wildman–Crippen MR) is 175 cm³/mol. The number of pyridine rings is 1. The van der Waals surface area contributed by atoms with E-state index in [9.17, 15) is 14.7 Å². The lowest BCUT2D eigenvalue weighted by atomic mass is 9.97. The Morgan fingerprint density at radius 2 is 1.81 bits per heavy atom. The molecule has 2 fully saturated rings. The molecule has 246 valence electrons. The number of carbonyl (C=O) groups is 1. The van der Waals surface area contributed by atoms with E-state index in [1.807, 2.05) is 17.5 Å². The van der Waals surface area contributed by atoms with E-state index >= 15 is 4.39 Å². The summed E-state index contributed by atoms with van der Waals surface area (Å²) in [5, 5.41) is 16.0. The number of aryl methyl sites for hydroxylation is 2. The summed E-state index contributed by atoms with van der Waals surface area (Å²) in [5.41, 5.74) is 4.99. The van der Waals surface area contributed by atoms with Crippen LogP contribution in [0.5, 0.6) is 0 Å². The topological polar surface area (TPSA) is 112 Å². The lowest BCUT2D eigenvalue weighted by Gasteiger charge is -2.42. The van der Waals surface area contributed by atoms with Crippen LogP contribution in [-0.2, 0) is 37.8 Å². The number of rotatable bonds is 7. The van der Waals surface area contributed by atoms with Crippen molar-refractivity contribution in [2.75, 3.05) is 56.2 Å². The quantitative estimate of drug-likeness (QED) is 0.360. The Kier molecular flexibility index (Phi) is 7.75. The van der Waals surface area contributed by atoms with E-state index in [-0.39, 0.29) is 11.5 Å². The molecule has 0 radical (unpaired) electrons. The van der Waals surface area contributed by atoms with Gasteiger partial charge in [-0.05, 0) is 61.1 Å². The van der Waals surface area contributed by atoms with Crippen LogP contribution >= 0.6 is 0 Å². The van der Waals surface area contributed by atoms with E-state index in [1.165, 1.54) is 28.0 Å². The number of halogens is 1. The number of allylic oxidation sites excluding steroid dienone is 2. The molecular formula is C35H41FN7O4+. The predicted octanol–water partition coefficient (Wildman–Crippen LogP) is 1.71. The molecule has 0 atom stereocenters. The Morgan fingerprint density at radius 1 is 1.00 bits per heavy atom. The molecule has 2 saturated heterocycles. The van der Waals surface area contributed by atoms with E-state index in [1.54, 1.807) is 24.2 Å². The van der Waals surface area contributed by atoms with Crippen molar-refractivity contribution in [3.63, 3.8) is 0 Å². The first kappa shape index (κ1) is 30.1. The van der Waals surface area contributed by atoms with Gasteiger partial charge in [-0.15, -0.1) is 0 Å². The molecule has 0 spiro atoms. The Labute approximate surface area is 272 Å². The average Bonchev–Trinajstić information content (AvgIpc) is 3.68. The molecule has 3 aromatic rings. The second-order valence-electron chi connectivity index (χ2n) is 13.2. The van der Waals surface area contributed by atoms with Crippen molar-refractivity contribution in [1.82, 2.24) is 18.9 Å². The maximum atomic E-state index is 15.4. The highest BCUT2D eigenvalue weighted by Gasteiger charge is 2.33. The molecule has 0 saturated carbocycles. The molecule has 1 aliphatic carbocycles. The zero-order valence-electron chi connectivity index (χ0n) is 26.7. The van der Waals surface area contributed by atoms with E-state index in [4.69, 9.17) is 4.74 Å². The second kappa shape index (κ2) is 12.1. The highest BCUT2D eigenvalue weighted by atomic mass is 19.1. The third-order valence-electron chi connectivity index (χ3n) is 10.4. The van der Waals surface area contributed by atoms with Crippen LogP contribution in [0.1, 0.15) is 40.2 Å². The number of nitrogens with zero attached hydrogens (tertiary/aromatic N) is 5. The smallest absolute Gasteiger partial charge is 0.274 e. The number of fused-ring (bicyclic) bond motifs is 3. The summed E-state index contributed by atoms with van der Waals surface area (Å²) in [5.74, 6) is 1.18. The molecule has 11 nitrogen and oxygen atoms in total. The highest BCUT2D eigenvalue weighted by Crippen LogP contribution is 2.36. The number of hydrogen-bond donors (Lipinski definition) is 3. The molecule has 4 N–H and O–H groups in total. The molecule has 1 amide bonds. The number of piperazine rings is 1. The van der Waals surface area contributed by atoms with Crippen LogP contribution in [0.3, 0.4) is 0 Å². The van der Waals surface area contributed by atoms with E-state index in [0.717, 1.165) is 76.7 Å². The van der Waals surface area contributed by atoms with Gasteiger partial charge in [0.15, 0.2) is 0 Å². The maximum absolute atomic E-state index is 15.4. The SMILES string of the molecule is Cn1cc(-c2cc(F)cc(N3CCn4c(cc5c4CCCC5)C3=O)c2CO)cc(NC2=CC=C(N3CCN(C4COC4)CC3)[NH2+]2)c1=O. The number of nitrogens with one attached hydrogen (secondary N) is 1. The average molecular weight is 643 g/mol. The minimum atomic E-state index is -0.519. The fourth-order valence-electron chi connectivity index (χ4n) is 7.74. The van der Waals surface area contributed by atoms with Gasteiger partial charge < -0.3 is 34.1 Å². The molecule has 0 unspecified atom stereocenters. The van der Waals surface area contributed by atoms with Gasteiger partial charge >= 0.3 is 0 Å². The van der Waals surface area contributed by atoms with Crippen molar-refractivity contribution in [2.24, 2.45) is 7.05 Å². The number of benzene rings is 1. The Balaban J connectivity index is 1.04. The Hall–Kier alpha value is -4.23. The number of nitrogens with two attached hydrogens (primary N) is 1. The second-order valence-corrected chi connectivity index (χ2v) is 13.2. The van der Waals surface area contributed by atoms with Crippen LogP contribution in [0.4, 0.5) is 15.8 Å². The summed E-state index contributed by atoms with van der Waals surface area (Å²) < 4.78 is 24.3. The van der Waals surface area contributed by atoms with E-state index in [2.05, 4.69) is 25.8 Å². The number of hydrogen-bond acceptors (Lipinski definition) is 7. The van der Waals surface area contributed by atoms with Crippen LogP contribution in [0.15, 0.2) is 59.1 Å². The van der Waals surface area contributed by atoms with Gasteiger partial charge in [-0.1, -0.05) is 0 Å². The monoisotopic (exact) mass is 642 g/mol. The van der Waals surface area contributed by atoms with Crippen molar-refractivity contribution < 1.29 is 24.3 Å². The molecule has 12 heteroatoms. The number of ether oxygens (including phenoxy) is 1. The Bertz CT molecular complexity index is 1870. The van der Waals surface area contributed by atoms with Gasteiger partial charge in [0.25, 0.3) is 11.5 Å². The molecule has 0 bridgehead atoms. The van der Waals surface area contributed by atoms with Crippen LogP contribution in [0.2, 0.25) is 0 Å². The van der Waals surface area contributed by atoms with E-state index in [0.29, 0.717) is 52.9 Å². The van der Waals surface area contributed by atoms with Gasteiger partial charge in [-0.25, -0.2) is 4.39 Å². The number of anilines is 2. The zero-order valence-corrected chi connectivity index (χ0v) is 26.7. The van der Waals surface area contributed by atoms with Crippen molar-refractivity contribution in [1.29, 1.82) is 0 Å². The summed E-state index contributed by atoms with van der Waals surface area (Å²) in [6.07, 6.45) is 9.84. The summed E-state index contributed by atoms with van der Waals surface area (Å²) in [6.45, 7) is 6.08. The third-order valence-corrected chi connectivity index (χ3v) is 10.4. The first-order chi connectivity index (χ1) is 22.9. The minimum absolute atomic E-state index is 0.190. The van der Waals surface area contributed by atoms with E-state index < -0.39 is 12.4 Å². The number of quaternary nitrogens is 1. The Morgan fingerprint density at radius 3 is 2.57 bits per heavy atom. The molecular weight excluding hydrogens is 601 g/mol. The maximum Gasteiger partial charge on any atom is 0.274 e. The molecule has 1 aromatic carbocycles. The van der Waals surface area contributed by atoms with Crippen molar-refractivity contribution in [3.05, 3.63) is 92.9 Å². The molecule has 4 aliphatic heterocycles. The van der Waals surface area contributed by atoms with Crippen LogP contribution in [-0.4, -0.2) is 81.9 Å². The van der Waals surface area contributed by atoms with Gasteiger partial charge in [0, 0.05) is 81.5 Å². The summed E-state index contributed by atoms with van der Waals surface area (Å²) in [6, 6.07) is 6.93. The third kappa shape index (κ3) is 5.38. The number of carbonyl (C=O) groups excluding carboxylic acids is 1. The first-order valence-corrected chi connectivity index (χ1v) is 16.7. The fourth-order valence-corrected chi connectivity index (χ4v) is 7.74. The van der Waals surface area contributed by atoms with Gasteiger partial charge in [0.05, 0.1) is 31.5 Å². The lowest BCUT2D eigenvalue weighted by Crippen LogP contribution is -2.83. The molecule has 8 rings (SSSR count). The van der Waals surface area contributed by atoms with Crippen molar-refractivity contribution in [2.45, 2.75) is 44.9 Å². The van der Waals surface area contributed by atoms with Gasteiger partial charge in [0.2, 0.25) is 11.6 Å². The molecule has 47 heavy (non-hydrogen) atoms. The number of amides is 1. The van der Waals surface area contributed by atoms with Gasteiger partial charge in [0.1, 0.15) is 17.2 Å². The molecule has 5 aliphatic rings. The largest absolute Gasteiger partial charge is 0.392 e.